The van der Waals surface area contributed by atoms with Crippen LogP contribution in [0.5, 0.6) is 0 Å². The van der Waals surface area contributed by atoms with Gasteiger partial charge in [-0.05, 0) is 41.0 Å². The molecule has 4 aromatic rings. The van der Waals surface area contributed by atoms with Gasteiger partial charge in [-0.2, -0.15) is 0 Å². The van der Waals surface area contributed by atoms with E-state index in [0.717, 1.165) is 28.2 Å². The molecule has 0 spiro atoms. The van der Waals surface area contributed by atoms with Crippen molar-refractivity contribution < 1.29 is 38.2 Å². The number of benzene rings is 4. The average Bonchev–Trinajstić information content (AvgIpc) is 3.32. The van der Waals surface area contributed by atoms with Crippen LogP contribution in [-0.2, 0) is 4.74 Å². The van der Waals surface area contributed by atoms with Crippen molar-refractivity contribution in [2.45, 2.75) is 0 Å². The van der Waals surface area contributed by atoms with E-state index in [1.165, 1.54) is 28.0 Å². The predicted molar refractivity (Wildman–Crippen MR) is 150 cm³/mol. The highest BCUT2D eigenvalue weighted by atomic mass is 35.7. The summed E-state index contributed by atoms with van der Waals surface area (Å²) >= 11 is 0. The number of ether oxygens (including phenoxy) is 1. The molecule has 204 valence electrons. The van der Waals surface area contributed by atoms with E-state index in [-0.39, 0.29) is 0 Å². The van der Waals surface area contributed by atoms with Gasteiger partial charge in [0.25, 0.3) is 0 Å². The van der Waals surface area contributed by atoms with Crippen molar-refractivity contribution in [1.29, 1.82) is 0 Å². The molecule has 6 rings (SSSR count). The molecule has 2 heterocycles. The van der Waals surface area contributed by atoms with E-state index in [4.69, 9.17) is 23.4 Å². The molecule has 4 aromatic carbocycles. The van der Waals surface area contributed by atoms with Crippen LogP contribution in [0.2, 0.25) is 0 Å². The Labute approximate surface area is 240 Å². The molecule has 0 aromatic heterocycles. The maximum atomic E-state index is 8.49. The van der Waals surface area contributed by atoms with E-state index in [0.29, 0.717) is 0 Å². The minimum atomic E-state index is -4.94. The van der Waals surface area contributed by atoms with Gasteiger partial charge in [-0.1, -0.05) is 103 Å². The largest absolute Gasteiger partial charge is 0.456 e. The Morgan fingerprint density at radius 1 is 0.659 bits per heavy atom. The van der Waals surface area contributed by atoms with Gasteiger partial charge >= 0.3 is 0 Å². The molecule has 0 N–H and O–H groups in total. The summed E-state index contributed by atoms with van der Waals surface area (Å²) in [5.41, 5.74) is 9.21. The fourth-order valence-corrected chi connectivity index (χ4v) is 4.75. The summed E-state index contributed by atoms with van der Waals surface area (Å²) in [7, 11) is -2.84. The first-order valence-corrected chi connectivity index (χ1v) is 14.0. The van der Waals surface area contributed by atoms with Gasteiger partial charge in [0, 0.05) is 17.2 Å². The van der Waals surface area contributed by atoms with Gasteiger partial charge in [-0.15, -0.1) is 10.2 Å². The number of rotatable bonds is 4. The highest BCUT2D eigenvalue weighted by molar-refractivity contribution is 6.23. The van der Waals surface area contributed by atoms with Crippen LogP contribution in [0.4, 0.5) is 5.69 Å². The van der Waals surface area contributed by atoms with Crippen LogP contribution in [0.3, 0.4) is 0 Å². The molecular formula is C34H26ClNO5. The fourth-order valence-electron chi connectivity index (χ4n) is 4.75. The SMILES string of the molecule is C[N+]1=C/C(=C(/C=C2C=C(c3ccccc3)OC(c3ccccc3)=C2)c2ccccc2)c2ccccc21.[O-][Cl+3]([O-])([O-])[O-]. The van der Waals surface area contributed by atoms with Crippen LogP contribution in [0.15, 0.2) is 139 Å². The zero-order chi connectivity index (χ0) is 28.8. The minimum absolute atomic E-state index is 0.841. The second-order valence-electron chi connectivity index (χ2n) is 9.32. The molecule has 0 fully saturated rings. The molecular weight excluding hydrogens is 538 g/mol. The molecule has 2 aliphatic heterocycles. The zero-order valence-corrected chi connectivity index (χ0v) is 22.9. The maximum absolute atomic E-state index is 8.49. The van der Waals surface area contributed by atoms with Crippen LogP contribution in [0.25, 0.3) is 22.7 Å². The zero-order valence-electron chi connectivity index (χ0n) is 22.1. The topological polar surface area (TPSA) is 104 Å². The van der Waals surface area contributed by atoms with Crippen molar-refractivity contribution >= 4 is 34.6 Å². The Bertz CT molecular complexity index is 1620. The highest BCUT2D eigenvalue weighted by Gasteiger charge is 2.26. The van der Waals surface area contributed by atoms with E-state index in [1.54, 1.807) is 0 Å². The maximum Gasteiger partial charge on any atom is 0.213 e. The van der Waals surface area contributed by atoms with Crippen molar-refractivity contribution in [2.24, 2.45) is 0 Å². The summed E-state index contributed by atoms with van der Waals surface area (Å²) in [6, 6.07) is 39.8. The van der Waals surface area contributed by atoms with Crippen molar-refractivity contribution in [3.63, 3.8) is 0 Å². The monoisotopic (exact) mass is 563 g/mol. The standard InChI is InChI=1S/C34H26NO.ClHO4/c1-35-24-31(29-19-11-12-20-32(29)35)30(26-13-5-2-6-14-26)21-25-22-33(27-15-7-3-8-16-27)36-34(23-25)28-17-9-4-10-18-28;2-1(3,4)5/h2-24H,1H3;(H,2,3,4,5)/q+1;/p-1/b31-30+;. The normalized spacial score (nSPS) is 15.3. The molecule has 0 saturated heterocycles. The number of allylic oxidation sites excluding steroid dienone is 6. The van der Waals surface area contributed by atoms with Crippen molar-refractivity contribution in [1.82, 2.24) is 0 Å². The van der Waals surface area contributed by atoms with E-state index in [2.05, 4.69) is 115 Å². The molecule has 41 heavy (non-hydrogen) atoms. The summed E-state index contributed by atoms with van der Waals surface area (Å²) in [6.45, 7) is 0. The molecule has 0 saturated carbocycles. The van der Waals surface area contributed by atoms with Crippen LogP contribution in [0, 0.1) is 10.2 Å². The van der Waals surface area contributed by atoms with Gasteiger partial charge in [0.1, 0.15) is 18.6 Å². The Kier molecular flexibility index (Phi) is 8.40. The van der Waals surface area contributed by atoms with Crippen LogP contribution >= 0.6 is 0 Å². The molecule has 0 atom stereocenters. The third-order valence-corrected chi connectivity index (χ3v) is 6.51. The third-order valence-electron chi connectivity index (χ3n) is 6.51. The predicted octanol–water partition coefficient (Wildman–Crippen LogP) is 3.24. The molecule has 6 nitrogen and oxygen atoms in total. The highest BCUT2D eigenvalue weighted by Crippen LogP contribution is 2.38. The third kappa shape index (κ3) is 7.15. The van der Waals surface area contributed by atoms with Gasteiger partial charge in [0.05, 0.1) is 11.1 Å². The molecule has 0 amide bonds. The molecule has 2 aliphatic rings. The van der Waals surface area contributed by atoms with E-state index >= 15 is 0 Å². The Morgan fingerprint density at radius 2 is 1.12 bits per heavy atom. The van der Waals surface area contributed by atoms with Gasteiger partial charge in [-0.3, -0.25) is 0 Å². The van der Waals surface area contributed by atoms with Crippen LogP contribution in [0.1, 0.15) is 22.3 Å². The van der Waals surface area contributed by atoms with Gasteiger partial charge in [0.2, 0.25) is 5.69 Å². The second kappa shape index (κ2) is 12.3. The summed E-state index contributed by atoms with van der Waals surface area (Å²) in [4.78, 5) is 0. The quantitative estimate of drug-likeness (QED) is 0.355. The van der Waals surface area contributed by atoms with Crippen molar-refractivity contribution in [3.05, 3.63) is 161 Å². The number of halogens is 1. The molecule has 0 aliphatic carbocycles. The minimum Gasteiger partial charge on any atom is -0.456 e. The van der Waals surface area contributed by atoms with Crippen molar-refractivity contribution in [2.75, 3.05) is 7.05 Å². The number of para-hydroxylation sites is 1. The first-order chi connectivity index (χ1) is 19.8. The van der Waals surface area contributed by atoms with Crippen molar-refractivity contribution in [3.8, 4) is 0 Å². The van der Waals surface area contributed by atoms with E-state index in [1.807, 2.05) is 36.4 Å². The first kappa shape index (κ1) is 28.0. The van der Waals surface area contributed by atoms with E-state index in [9.17, 15) is 0 Å². The lowest BCUT2D eigenvalue weighted by molar-refractivity contribution is -2.00. The molecule has 7 heteroatoms. The van der Waals surface area contributed by atoms with E-state index < -0.39 is 10.2 Å². The Hall–Kier alpha value is -4.56. The lowest BCUT2D eigenvalue weighted by atomic mass is 9.93. The summed E-state index contributed by atoms with van der Waals surface area (Å²) in [5.74, 6) is 1.68. The molecule has 0 radical (unpaired) electrons. The summed E-state index contributed by atoms with van der Waals surface area (Å²) in [5, 5.41) is 0. The Morgan fingerprint density at radius 3 is 1.66 bits per heavy atom. The number of nitrogens with zero attached hydrogens (tertiary/aromatic N) is 1. The van der Waals surface area contributed by atoms with Gasteiger partial charge < -0.3 is 4.74 Å². The smallest absolute Gasteiger partial charge is 0.213 e. The fraction of sp³-hybridized carbons (Fsp3) is 0.0294. The number of hydrogen-bond acceptors (Lipinski definition) is 5. The average molecular weight is 564 g/mol. The van der Waals surface area contributed by atoms with Gasteiger partial charge in [0.15, 0.2) is 6.21 Å². The second-order valence-corrected chi connectivity index (χ2v) is 10.1. The lowest BCUT2D eigenvalue weighted by Gasteiger charge is -2.19. The summed E-state index contributed by atoms with van der Waals surface area (Å²) in [6.07, 6.45) is 8.78. The summed E-state index contributed by atoms with van der Waals surface area (Å²) < 4.78 is 42.6. The van der Waals surface area contributed by atoms with Crippen LogP contribution in [-0.4, -0.2) is 17.8 Å². The van der Waals surface area contributed by atoms with Crippen LogP contribution < -0.4 is 18.6 Å². The lowest BCUT2D eigenvalue weighted by Crippen LogP contribution is -2.68. The van der Waals surface area contributed by atoms with Gasteiger partial charge in [-0.25, -0.2) is 23.2 Å². The number of hydrogen-bond donors (Lipinski definition) is 0. The molecule has 0 unspecified atom stereocenters. The molecule has 0 bridgehead atoms. The number of fused-ring (bicyclic) bond motifs is 1. The first-order valence-electron chi connectivity index (χ1n) is 12.8. The Balaban J connectivity index is 0.000000623.